The van der Waals surface area contributed by atoms with Crippen molar-refractivity contribution in [1.29, 1.82) is 0 Å². The van der Waals surface area contributed by atoms with E-state index in [9.17, 15) is 9.59 Å². The maximum absolute atomic E-state index is 12.2. The van der Waals surface area contributed by atoms with Crippen molar-refractivity contribution in [3.63, 3.8) is 0 Å². The van der Waals surface area contributed by atoms with E-state index in [0.717, 1.165) is 23.1 Å². The third kappa shape index (κ3) is 3.79. The summed E-state index contributed by atoms with van der Waals surface area (Å²) in [5, 5.41) is 5.25. The molecular formula is C18H21NO3S. The zero-order chi connectivity index (χ0) is 17.0. The fraction of sp³-hybridized carbons (Fsp3) is 0.333. The third-order valence-electron chi connectivity index (χ3n) is 3.73. The quantitative estimate of drug-likeness (QED) is 0.817. The highest BCUT2D eigenvalue weighted by atomic mass is 32.1. The van der Waals surface area contributed by atoms with Crippen molar-refractivity contribution in [2.45, 2.75) is 33.6 Å². The Morgan fingerprint density at radius 2 is 1.96 bits per heavy atom. The molecule has 0 saturated heterocycles. The lowest BCUT2D eigenvalue weighted by atomic mass is 9.99. The molecule has 0 radical (unpaired) electrons. The number of methoxy groups -OCH3 is 1. The monoisotopic (exact) mass is 331 g/mol. The van der Waals surface area contributed by atoms with Crippen LogP contribution in [0.1, 0.15) is 41.3 Å². The fourth-order valence-corrected chi connectivity index (χ4v) is 3.27. The van der Waals surface area contributed by atoms with Crippen molar-refractivity contribution < 1.29 is 14.3 Å². The molecule has 23 heavy (non-hydrogen) atoms. The molecule has 2 rings (SSSR count). The van der Waals surface area contributed by atoms with E-state index >= 15 is 0 Å². The van der Waals surface area contributed by atoms with E-state index in [1.807, 2.05) is 44.4 Å². The van der Waals surface area contributed by atoms with Crippen LogP contribution < -0.4 is 5.32 Å². The van der Waals surface area contributed by atoms with Gasteiger partial charge in [0.2, 0.25) is 5.91 Å². The largest absolute Gasteiger partial charge is 0.465 e. The number of anilines is 1. The van der Waals surface area contributed by atoms with E-state index in [2.05, 4.69) is 5.32 Å². The first-order valence-corrected chi connectivity index (χ1v) is 8.43. The van der Waals surface area contributed by atoms with Crippen LogP contribution in [0.15, 0.2) is 23.6 Å². The average Bonchev–Trinajstić information content (AvgIpc) is 2.93. The minimum absolute atomic E-state index is 0.0915. The third-order valence-corrected chi connectivity index (χ3v) is 4.62. The second-order valence-electron chi connectivity index (χ2n) is 5.44. The molecule has 0 saturated carbocycles. The molecule has 1 heterocycles. The SMILES string of the molecule is CCCC(=O)Nc1scc(-c2ccc(C)c(C)c2)c1C(=O)OC. The van der Waals surface area contributed by atoms with E-state index in [-0.39, 0.29) is 5.91 Å². The van der Waals surface area contributed by atoms with Gasteiger partial charge in [-0.1, -0.05) is 25.1 Å². The van der Waals surface area contributed by atoms with Gasteiger partial charge in [0.1, 0.15) is 10.6 Å². The Morgan fingerprint density at radius 1 is 1.22 bits per heavy atom. The summed E-state index contributed by atoms with van der Waals surface area (Å²) < 4.78 is 4.91. The second kappa shape index (κ2) is 7.42. The maximum Gasteiger partial charge on any atom is 0.341 e. The summed E-state index contributed by atoms with van der Waals surface area (Å²) in [6, 6.07) is 6.05. The average molecular weight is 331 g/mol. The van der Waals surface area contributed by atoms with Gasteiger partial charge in [0.25, 0.3) is 0 Å². The molecule has 2 aromatic rings. The minimum Gasteiger partial charge on any atom is -0.465 e. The number of hydrogen-bond donors (Lipinski definition) is 1. The van der Waals surface area contributed by atoms with Crippen LogP contribution in [0.3, 0.4) is 0 Å². The highest BCUT2D eigenvalue weighted by molar-refractivity contribution is 7.15. The number of benzene rings is 1. The molecule has 122 valence electrons. The predicted molar refractivity (Wildman–Crippen MR) is 94.1 cm³/mol. The topological polar surface area (TPSA) is 55.4 Å². The molecule has 0 unspecified atom stereocenters. The number of rotatable bonds is 5. The normalized spacial score (nSPS) is 10.4. The summed E-state index contributed by atoms with van der Waals surface area (Å²) in [6.07, 6.45) is 1.19. The van der Waals surface area contributed by atoms with Crippen LogP contribution in [-0.4, -0.2) is 19.0 Å². The Balaban J connectivity index is 2.47. The molecule has 0 aliphatic heterocycles. The Labute approximate surface area is 140 Å². The number of thiophene rings is 1. The molecule has 1 aromatic carbocycles. The Kier molecular flexibility index (Phi) is 5.55. The molecule has 0 atom stereocenters. The van der Waals surface area contributed by atoms with Crippen LogP contribution in [0.2, 0.25) is 0 Å². The zero-order valence-electron chi connectivity index (χ0n) is 13.9. The summed E-state index contributed by atoms with van der Waals surface area (Å²) in [6.45, 7) is 6.02. The van der Waals surface area contributed by atoms with Crippen molar-refractivity contribution in [1.82, 2.24) is 0 Å². The van der Waals surface area contributed by atoms with E-state index in [4.69, 9.17) is 4.74 Å². The molecule has 0 aliphatic carbocycles. The number of carbonyl (C=O) groups is 2. The molecule has 1 aromatic heterocycles. The van der Waals surface area contributed by atoms with Crippen molar-refractivity contribution in [2.75, 3.05) is 12.4 Å². The molecule has 0 aliphatic rings. The van der Waals surface area contributed by atoms with Gasteiger partial charge in [0, 0.05) is 17.4 Å². The summed E-state index contributed by atoms with van der Waals surface area (Å²) >= 11 is 1.35. The standard InChI is InChI=1S/C18H21NO3S/c1-5-6-15(20)19-17-16(18(21)22-4)14(10-23-17)13-8-7-11(2)12(3)9-13/h7-10H,5-6H2,1-4H3,(H,19,20). The van der Waals surface area contributed by atoms with Gasteiger partial charge in [0.15, 0.2) is 0 Å². The molecule has 4 nitrogen and oxygen atoms in total. The Hall–Kier alpha value is -2.14. The van der Waals surface area contributed by atoms with Crippen molar-refractivity contribution in [3.8, 4) is 11.1 Å². The van der Waals surface area contributed by atoms with Gasteiger partial charge in [-0.3, -0.25) is 4.79 Å². The van der Waals surface area contributed by atoms with Crippen LogP contribution >= 0.6 is 11.3 Å². The molecule has 0 bridgehead atoms. The van der Waals surface area contributed by atoms with Crippen molar-refractivity contribution in [3.05, 3.63) is 40.3 Å². The number of esters is 1. The second-order valence-corrected chi connectivity index (χ2v) is 6.32. The minimum atomic E-state index is -0.439. The van der Waals surface area contributed by atoms with E-state index in [1.54, 1.807) is 0 Å². The Bertz CT molecular complexity index is 734. The number of hydrogen-bond acceptors (Lipinski definition) is 4. The molecule has 1 amide bonds. The van der Waals surface area contributed by atoms with Gasteiger partial charge in [-0.15, -0.1) is 11.3 Å². The summed E-state index contributed by atoms with van der Waals surface area (Å²) in [5.41, 5.74) is 4.50. The zero-order valence-corrected chi connectivity index (χ0v) is 14.7. The lowest BCUT2D eigenvalue weighted by molar-refractivity contribution is -0.116. The van der Waals surface area contributed by atoms with Gasteiger partial charge in [0.05, 0.1) is 7.11 Å². The molecule has 0 spiro atoms. The van der Waals surface area contributed by atoms with E-state index in [1.165, 1.54) is 24.0 Å². The molecular weight excluding hydrogens is 310 g/mol. The highest BCUT2D eigenvalue weighted by Gasteiger charge is 2.22. The number of ether oxygens (including phenoxy) is 1. The first-order valence-electron chi connectivity index (χ1n) is 7.55. The van der Waals surface area contributed by atoms with Gasteiger partial charge < -0.3 is 10.1 Å². The van der Waals surface area contributed by atoms with Gasteiger partial charge in [-0.05, 0) is 37.0 Å². The van der Waals surface area contributed by atoms with Crippen LogP contribution in [0, 0.1) is 13.8 Å². The van der Waals surface area contributed by atoms with Gasteiger partial charge in [-0.25, -0.2) is 4.79 Å². The summed E-state index contributed by atoms with van der Waals surface area (Å²) in [4.78, 5) is 24.1. The van der Waals surface area contributed by atoms with Crippen LogP contribution in [0.4, 0.5) is 5.00 Å². The lowest BCUT2D eigenvalue weighted by Gasteiger charge is -2.09. The Morgan fingerprint density at radius 3 is 2.57 bits per heavy atom. The first kappa shape index (κ1) is 17.2. The van der Waals surface area contributed by atoms with Crippen LogP contribution in [-0.2, 0) is 9.53 Å². The van der Waals surface area contributed by atoms with Gasteiger partial charge in [-0.2, -0.15) is 0 Å². The summed E-state index contributed by atoms with van der Waals surface area (Å²) in [5.74, 6) is -0.530. The van der Waals surface area contributed by atoms with Crippen LogP contribution in [0.5, 0.6) is 0 Å². The molecule has 0 fully saturated rings. The predicted octanol–water partition coefficient (Wildman–Crippen LogP) is 4.56. The number of aryl methyl sites for hydroxylation is 2. The maximum atomic E-state index is 12.2. The number of nitrogens with one attached hydrogen (secondary N) is 1. The number of carbonyl (C=O) groups excluding carboxylic acids is 2. The van der Waals surface area contributed by atoms with E-state index < -0.39 is 5.97 Å². The lowest BCUT2D eigenvalue weighted by Crippen LogP contribution is -2.13. The molecule has 1 N–H and O–H groups in total. The van der Waals surface area contributed by atoms with Crippen molar-refractivity contribution >= 4 is 28.2 Å². The number of amides is 1. The van der Waals surface area contributed by atoms with Crippen LogP contribution in [0.25, 0.3) is 11.1 Å². The fourth-order valence-electron chi connectivity index (χ4n) is 2.29. The first-order chi connectivity index (χ1) is 11.0. The van der Waals surface area contributed by atoms with E-state index in [0.29, 0.717) is 17.0 Å². The van der Waals surface area contributed by atoms with Gasteiger partial charge >= 0.3 is 5.97 Å². The van der Waals surface area contributed by atoms with Crippen molar-refractivity contribution in [2.24, 2.45) is 0 Å². The highest BCUT2D eigenvalue weighted by Crippen LogP contribution is 2.36. The molecule has 5 heteroatoms. The smallest absolute Gasteiger partial charge is 0.341 e. The summed E-state index contributed by atoms with van der Waals surface area (Å²) in [7, 11) is 1.35.